The Hall–Kier alpha value is -2.03. The summed E-state index contributed by atoms with van der Waals surface area (Å²) in [5, 5.41) is 11.2. The van der Waals surface area contributed by atoms with Gasteiger partial charge in [-0.1, -0.05) is 5.57 Å². The normalized spacial score (nSPS) is 10.8. The second-order valence-corrected chi connectivity index (χ2v) is 5.15. The first-order valence-electron chi connectivity index (χ1n) is 6.24. The average Bonchev–Trinajstić information content (AvgIpc) is 2.33. The highest BCUT2D eigenvalue weighted by atomic mass is 16.4. The lowest BCUT2D eigenvalue weighted by Crippen LogP contribution is -2.00. The van der Waals surface area contributed by atoms with Gasteiger partial charge in [0.15, 0.2) is 0 Å². The van der Waals surface area contributed by atoms with Crippen LogP contribution < -0.4 is 5.63 Å². The molecule has 1 N–H and O–H groups in total. The summed E-state index contributed by atoms with van der Waals surface area (Å²) in [5.74, 6) is 0.181. The molecule has 0 amide bonds. The van der Waals surface area contributed by atoms with Crippen LogP contribution in [-0.4, -0.2) is 5.11 Å². The lowest BCUT2D eigenvalue weighted by Gasteiger charge is -2.12. The van der Waals surface area contributed by atoms with Gasteiger partial charge in [-0.05, 0) is 51.8 Å². The van der Waals surface area contributed by atoms with Crippen LogP contribution in [0.15, 0.2) is 26.9 Å². The molecule has 3 nitrogen and oxygen atoms in total. The zero-order valence-corrected chi connectivity index (χ0v) is 11.9. The van der Waals surface area contributed by atoms with Crippen molar-refractivity contribution in [3.8, 4) is 5.75 Å². The van der Waals surface area contributed by atoms with E-state index in [-0.39, 0.29) is 11.4 Å². The predicted molar refractivity (Wildman–Crippen MR) is 77.6 cm³/mol. The topological polar surface area (TPSA) is 50.4 Å². The highest BCUT2D eigenvalue weighted by molar-refractivity contribution is 5.90. The molecule has 1 aromatic carbocycles. The Bertz CT molecular complexity index is 745. The van der Waals surface area contributed by atoms with E-state index in [4.69, 9.17) is 4.42 Å². The van der Waals surface area contributed by atoms with Gasteiger partial charge in [-0.2, -0.15) is 0 Å². The molecule has 100 valence electrons. The third-order valence-electron chi connectivity index (χ3n) is 3.60. The van der Waals surface area contributed by atoms with Crippen LogP contribution in [0.1, 0.15) is 37.5 Å². The third-order valence-corrected chi connectivity index (χ3v) is 3.60. The Kier molecular flexibility index (Phi) is 3.23. The number of hydrogen-bond acceptors (Lipinski definition) is 3. The average molecular weight is 258 g/mol. The number of allylic oxidation sites excluding steroid dienone is 2. The Morgan fingerprint density at radius 1 is 1.16 bits per heavy atom. The molecule has 0 aliphatic heterocycles. The van der Waals surface area contributed by atoms with Gasteiger partial charge in [0.05, 0.1) is 0 Å². The van der Waals surface area contributed by atoms with E-state index in [0.717, 1.165) is 27.7 Å². The summed E-state index contributed by atoms with van der Waals surface area (Å²) in [6.07, 6.45) is 0. The van der Waals surface area contributed by atoms with Gasteiger partial charge in [-0.3, -0.25) is 0 Å². The fourth-order valence-corrected chi connectivity index (χ4v) is 2.15. The highest BCUT2D eigenvalue weighted by Gasteiger charge is 2.15. The minimum Gasteiger partial charge on any atom is -0.507 e. The van der Waals surface area contributed by atoms with Crippen molar-refractivity contribution >= 4 is 16.5 Å². The van der Waals surface area contributed by atoms with E-state index < -0.39 is 0 Å². The van der Waals surface area contributed by atoms with Gasteiger partial charge >= 0.3 is 5.63 Å². The van der Waals surface area contributed by atoms with E-state index in [1.54, 1.807) is 6.92 Å². The van der Waals surface area contributed by atoms with Crippen molar-refractivity contribution in [3.05, 3.63) is 44.8 Å². The first-order valence-corrected chi connectivity index (χ1v) is 6.24. The van der Waals surface area contributed by atoms with E-state index in [1.807, 2.05) is 33.8 Å². The van der Waals surface area contributed by atoms with Gasteiger partial charge in [-0.25, -0.2) is 4.79 Å². The Morgan fingerprint density at radius 3 is 2.37 bits per heavy atom. The number of benzene rings is 1. The molecule has 2 aromatic rings. The molecule has 0 radical (unpaired) electrons. The predicted octanol–water partition coefficient (Wildman–Crippen LogP) is 3.93. The highest BCUT2D eigenvalue weighted by Crippen LogP contribution is 2.36. The van der Waals surface area contributed by atoms with Gasteiger partial charge < -0.3 is 9.52 Å². The summed E-state index contributed by atoms with van der Waals surface area (Å²) in [6, 6.07) is 3.36. The summed E-state index contributed by atoms with van der Waals surface area (Å²) >= 11 is 0. The van der Waals surface area contributed by atoms with Crippen molar-refractivity contribution in [2.45, 2.75) is 34.6 Å². The smallest absolute Gasteiger partial charge is 0.336 e. The maximum atomic E-state index is 11.4. The lowest BCUT2D eigenvalue weighted by atomic mass is 9.96. The number of aromatic hydroxyl groups is 1. The molecule has 0 aliphatic carbocycles. The molecule has 19 heavy (non-hydrogen) atoms. The molecule has 0 aliphatic rings. The minimum absolute atomic E-state index is 0.181. The second-order valence-electron chi connectivity index (χ2n) is 5.15. The van der Waals surface area contributed by atoms with Gasteiger partial charge in [0.25, 0.3) is 0 Å². The molecule has 0 saturated heterocycles. The van der Waals surface area contributed by atoms with E-state index >= 15 is 0 Å². The SMILES string of the molecule is CC(C)=C(C)c1cc2c(C)cc(=O)oc2c(C)c1O. The largest absolute Gasteiger partial charge is 0.507 e. The number of phenols is 1. The molecule has 3 heteroatoms. The molecular weight excluding hydrogens is 240 g/mol. The van der Waals surface area contributed by atoms with Crippen LogP contribution >= 0.6 is 0 Å². The molecule has 0 spiro atoms. The van der Waals surface area contributed by atoms with Crippen molar-refractivity contribution in [1.29, 1.82) is 0 Å². The number of rotatable bonds is 1. The van der Waals surface area contributed by atoms with Crippen LogP contribution in [0.2, 0.25) is 0 Å². The number of hydrogen-bond donors (Lipinski definition) is 1. The first kappa shape index (κ1) is 13.4. The number of aryl methyl sites for hydroxylation is 2. The summed E-state index contributed by atoms with van der Waals surface area (Å²) in [6.45, 7) is 9.63. The summed E-state index contributed by atoms with van der Waals surface area (Å²) in [5.41, 5.74) is 4.51. The third kappa shape index (κ3) is 2.16. The molecule has 1 heterocycles. The molecular formula is C16H18O3. The van der Waals surface area contributed by atoms with E-state index in [1.165, 1.54) is 6.07 Å². The van der Waals surface area contributed by atoms with E-state index in [0.29, 0.717) is 11.1 Å². The maximum absolute atomic E-state index is 11.4. The van der Waals surface area contributed by atoms with Crippen molar-refractivity contribution in [1.82, 2.24) is 0 Å². The van der Waals surface area contributed by atoms with Gasteiger partial charge in [0.2, 0.25) is 0 Å². The van der Waals surface area contributed by atoms with Crippen molar-refractivity contribution in [3.63, 3.8) is 0 Å². The fourth-order valence-electron chi connectivity index (χ4n) is 2.15. The quantitative estimate of drug-likeness (QED) is 0.788. The minimum atomic E-state index is -0.390. The maximum Gasteiger partial charge on any atom is 0.336 e. The molecule has 0 bridgehead atoms. The molecule has 0 atom stereocenters. The van der Waals surface area contributed by atoms with Gasteiger partial charge in [0, 0.05) is 22.6 Å². The second kappa shape index (κ2) is 4.57. The van der Waals surface area contributed by atoms with Crippen LogP contribution in [-0.2, 0) is 0 Å². The first-order chi connectivity index (χ1) is 8.82. The molecule has 0 unspecified atom stereocenters. The van der Waals surface area contributed by atoms with Crippen LogP contribution in [0.5, 0.6) is 5.75 Å². The number of phenolic OH excluding ortho intramolecular Hbond substituents is 1. The van der Waals surface area contributed by atoms with Gasteiger partial charge in [-0.15, -0.1) is 0 Å². The molecule has 2 rings (SSSR count). The molecule has 0 saturated carbocycles. The zero-order valence-electron chi connectivity index (χ0n) is 11.9. The van der Waals surface area contributed by atoms with E-state index in [2.05, 4.69) is 0 Å². The summed E-state index contributed by atoms with van der Waals surface area (Å²) < 4.78 is 5.22. The van der Waals surface area contributed by atoms with Gasteiger partial charge in [0.1, 0.15) is 11.3 Å². The van der Waals surface area contributed by atoms with Crippen molar-refractivity contribution in [2.75, 3.05) is 0 Å². The Morgan fingerprint density at radius 2 is 1.79 bits per heavy atom. The zero-order chi connectivity index (χ0) is 14.3. The fraction of sp³-hybridized carbons (Fsp3) is 0.312. The van der Waals surface area contributed by atoms with E-state index in [9.17, 15) is 9.90 Å². The summed E-state index contributed by atoms with van der Waals surface area (Å²) in [4.78, 5) is 11.4. The van der Waals surface area contributed by atoms with Crippen molar-refractivity contribution < 1.29 is 9.52 Å². The summed E-state index contributed by atoms with van der Waals surface area (Å²) in [7, 11) is 0. The molecule has 1 aromatic heterocycles. The molecule has 0 fully saturated rings. The monoisotopic (exact) mass is 258 g/mol. The van der Waals surface area contributed by atoms with Crippen LogP contribution in [0.25, 0.3) is 16.5 Å². The van der Waals surface area contributed by atoms with Crippen LogP contribution in [0.3, 0.4) is 0 Å². The standard InChI is InChI=1S/C16H18O3/c1-8(2)10(4)13-7-12-9(3)6-14(17)19-16(12)11(5)15(13)18/h6-7,18H,1-5H3. The lowest BCUT2D eigenvalue weighted by molar-refractivity contribution is 0.466. The van der Waals surface area contributed by atoms with Crippen molar-refractivity contribution in [2.24, 2.45) is 0 Å². The number of fused-ring (bicyclic) bond motifs is 1. The van der Waals surface area contributed by atoms with Crippen LogP contribution in [0, 0.1) is 13.8 Å². The van der Waals surface area contributed by atoms with Crippen LogP contribution in [0.4, 0.5) is 0 Å². The Labute approximate surface area is 112 Å². The Balaban J connectivity index is 2.96.